The number of unbranched alkanes of at least 4 members (excludes halogenated alkanes) is 1. The van der Waals surface area contributed by atoms with Crippen molar-refractivity contribution in [3.05, 3.63) is 60.6 Å². The van der Waals surface area contributed by atoms with E-state index in [0.717, 1.165) is 48.2 Å². The summed E-state index contributed by atoms with van der Waals surface area (Å²) in [7, 11) is 0. The van der Waals surface area contributed by atoms with Crippen molar-refractivity contribution in [3.63, 3.8) is 0 Å². The third-order valence-electron chi connectivity index (χ3n) is 8.48. The molecule has 1 spiro atoms. The van der Waals surface area contributed by atoms with E-state index in [1.165, 1.54) is 0 Å². The van der Waals surface area contributed by atoms with Crippen molar-refractivity contribution in [1.29, 1.82) is 0 Å². The van der Waals surface area contributed by atoms with Crippen LogP contribution in [0.1, 0.15) is 63.9 Å². The van der Waals surface area contributed by atoms with Crippen LogP contribution in [0.5, 0.6) is 0 Å². The van der Waals surface area contributed by atoms with E-state index >= 15 is 0 Å². The predicted octanol–water partition coefficient (Wildman–Crippen LogP) is 5.00. The van der Waals surface area contributed by atoms with Gasteiger partial charge in [0.25, 0.3) is 0 Å². The van der Waals surface area contributed by atoms with Gasteiger partial charge in [0.05, 0.1) is 5.69 Å². The van der Waals surface area contributed by atoms with E-state index in [4.69, 9.17) is 5.21 Å². The molecule has 1 saturated carbocycles. The Morgan fingerprint density at radius 3 is 2.70 bits per heavy atom. The average molecular weight is 586 g/mol. The van der Waals surface area contributed by atoms with Gasteiger partial charge in [0.2, 0.25) is 23.7 Å². The van der Waals surface area contributed by atoms with Crippen molar-refractivity contribution in [2.75, 3.05) is 17.2 Å². The van der Waals surface area contributed by atoms with Crippen LogP contribution in [0.15, 0.2) is 55.0 Å². The monoisotopic (exact) mass is 585 g/mol. The van der Waals surface area contributed by atoms with Gasteiger partial charge in [0.15, 0.2) is 0 Å². The number of nitrogens with zero attached hydrogens (tertiary/aromatic N) is 4. The second-order valence-electron chi connectivity index (χ2n) is 11.8. The Labute approximate surface area is 251 Å². The molecule has 2 aromatic heterocycles. The summed E-state index contributed by atoms with van der Waals surface area (Å²) in [5.41, 5.74) is 5.61. The first-order valence-corrected chi connectivity index (χ1v) is 14.9. The first-order valence-electron chi connectivity index (χ1n) is 14.9. The maximum Gasteiger partial charge on any atom is 0.247 e. The molecule has 11 heteroatoms. The van der Waals surface area contributed by atoms with Gasteiger partial charge in [0, 0.05) is 54.9 Å². The summed E-state index contributed by atoms with van der Waals surface area (Å²) in [6, 6.07) is 10.6. The highest BCUT2D eigenvalue weighted by molar-refractivity contribution is 5.98. The number of hydrogen-bond acceptors (Lipinski definition) is 8. The fourth-order valence-corrected chi connectivity index (χ4v) is 5.81. The van der Waals surface area contributed by atoms with E-state index in [-0.39, 0.29) is 36.0 Å². The van der Waals surface area contributed by atoms with Crippen LogP contribution in [-0.2, 0) is 14.4 Å². The maximum atomic E-state index is 13.6. The number of aromatic nitrogens is 3. The molecule has 2 aliphatic rings. The Morgan fingerprint density at radius 2 is 1.98 bits per heavy atom. The molecule has 1 aliphatic heterocycles. The van der Waals surface area contributed by atoms with Crippen LogP contribution in [0.3, 0.4) is 0 Å². The number of anilines is 3. The summed E-state index contributed by atoms with van der Waals surface area (Å²) in [4.78, 5) is 53.9. The number of hydroxylamine groups is 1. The minimum Gasteiger partial charge on any atom is -0.330 e. The normalized spacial score (nSPS) is 17.4. The molecule has 3 heterocycles. The Kier molecular flexibility index (Phi) is 9.30. The molecule has 2 fully saturated rings. The summed E-state index contributed by atoms with van der Waals surface area (Å²) >= 11 is 0. The predicted molar refractivity (Wildman–Crippen MR) is 162 cm³/mol. The first-order chi connectivity index (χ1) is 20.8. The first kappa shape index (κ1) is 30.1. The Bertz CT molecular complexity index is 1460. The quantitative estimate of drug-likeness (QED) is 0.171. The second-order valence-corrected chi connectivity index (χ2v) is 11.8. The third kappa shape index (κ3) is 7.53. The molecular weight excluding hydrogens is 546 g/mol. The van der Waals surface area contributed by atoms with Gasteiger partial charge in [-0.05, 0) is 79.8 Å². The number of carbonyl (C=O) groups excluding carboxylic acids is 3. The average Bonchev–Trinajstić information content (AvgIpc) is 3.66. The number of nitrogens with one attached hydrogen (secondary N) is 3. The summed E-state index contributed by atoms with van der Waals surface area (Å²) in [5.74, 6) is -0.610. The smallest absolute Gasteiger partial charge is 0.247 e. The third-order valence-corrected chi connectivity index (χ3v) is 8.48. The van der Waals surface area contributed by atoms with Crippen molar-refractivity contribution in [2.45, 2.75) is 71.3 Å². The zero-order chi connectivity index (χ0) is 30.4. The SMILES string of the molecule is CCCC[C@@H](CC(=O)NO)CC(=O)N1CC2(CC2)C[C@H]1C(=O)Nc1ccc(C)c(Nc2nccc(-c3cccnc3)n2)c1. The van der Waals surface area contributed by atoms with Crippen molar-refractivity contribution < 1.29 is 19.6 Å². The molecule has 2 atom stereocenters. The van der Waals surface area contributed by atoms with Gasteiger partial charge in [-0.2, -0.15) is 0 Å². The number of likely N-dealkylation sites (tertiary alicyclic amines) is 1. The number of amides is 3. The lowest BCUT2D eigenvalue weighted by molar-refractivity contribution is -0.138. The molecule has 5 rings (SSSR count). The van der Waals surface area contributed by atoms with E-state index in [2.05, 4.69) is 32.5 Å². The number of carbonyl (C=O) groups is 3. The van der Waals surface area contributed by atoms with E-state index in [0.29, 0.717) is 31.0 Å². The Hall–Kier alpha value is -4.38. The van der Waals surface area contributed by atoms with Crippen LogP contribution >= 0.6 is 0 Å². The van der Waals surface area contributed by atoms with Crippen molar-refractivity contribution in [1.82, 2.24) is 25.3 Å². The molecule has 4 N–H and O–H groups in total. The highest BCUT2D eigenvalue weighted by Gasteiger charge is 2.55. The highest BCUT2D eigenvalue weighted by Crippen LogP contribution is 2.55. The minimum atomic E-state index is -0.578. The topological polar surface area (TPSA) is 149 Å². The Morgan fingerprint density at radius 1 is 1.14 bits per heavy atom. The summed E-state index contributed by atoms with van der Waals surface area (Å²) in [5, 5.41) is 15.3. The van der Waals surface area contributed by atoms with E-state index in [1.807, 2.05) is 43.3 Å². The molecule has 1 aromatic carbocycles. The van der Waals surface area contributed by atoms with Crippen molar-refractivity contribution >= 4 is 35.0 Å². The number of hydrogen-bond donors (Lipinski definition) is 4. The lowest BCUT2D eigenvalue weighted by atomic mass is 9.94. The summed E-state index contributed by atoms with van der Waals surface area (Å²) in [6.45, 7) is 4.57. The maximum absolute atomic E-state index is 13.6. The highest BCUT2D eigenvalue weighted by atomic mass is 16.5. The molecule has 1 saturated heterocycles. The lowest BCUT2D eigenvalue weighted by Crippen LogP contribution is -2.44. The Balaban J connectivity index is 1.28. The minimum absolute atomic E-state index is 0.00960. The zero-order valence-corrected chi connectivity index (χ0v) is 24.7. The van der Waals surface area contributed by atoms with Crippen molar-refractivity contribution in [3.8, 4) is 11.3 Å². The fraction of sp³-hybridized carbons (Fsp3) is 0.438. The van der Waals surface area contributed by atoms with Crippen LogP contribution in [0.4, 0.5) is 17.3 Å². The van der Waals surface area contributed by atoms with Crippen LogP contribution in [0, 0.1) is 18.3 Å². The molecule has 0 bridgehead atoms. The molecule has 3 amide bonds. The molecule has 3 aromatic rings. The second kappa shape index (κ2) is 13.3. The van der Waals surface area contributed by atoms with Gasteiger partial charge in [-0.25, -0.2) is 15.4 Å². The molecular formula is C32H39N7O4. The molecule has 0 radical (unpaired) electrons. The van der Waals surface area contributed by atoms with Gasteiger partial charge < -0.3 is 15.5 Å². The van der Waals surface area contributed by atoms with Gasteiger partial charge in [0.1, 0.15) is 6.04 Å². The fourth-order valence-electron chi connectivity index (χ4n) is 5.81. The molecule has 43 heavy (non-hydrogen) atoms. The summed E-state index contributed by atoms with van der Waals surface area (Å²) in [6.07, 6.45) is 10.6. The van der Waals surface area contributed by atoms with Crippen molar-refractivity contribution in [2.24, 2.45) is 11.3 Å². The number of rotatable bonds is 12. The number of pyridine rings is 1. The van der Waals surface area contributed by atoms with Gasteiger partial charge >= 0.3 is 0 Å². The van der Waals surface area contributed by atoms with E-state index < -0.39 is 11.9 Å². The van der Waals surface area contributed by atoms with Crippen LogP contribution in [0.2, 0.25) is 0 Å². The van der Waals surface area contributed by atoms with E-state index in [9.17, 15) is 14.4 Å². The largest absolute Gasteiger partial charge is 0.330 e. The summed E-state index contributed by atoms with van der Waals surface area (Å²) < 4.78 is 0. The van der Waals surface area contributed by atoms with Gasteiger partial charge in [-0.15, -0.1) is 0 Å². The lowest BCUT2D eigenvalue weighted by Gasteiger charge is -2.26. The number of benzene rings is 1. The number of aryl methyl sites for hydroxylation is 1. The van der Waals surface area contributed by atoms with Crippen LogP contribution in [0.25, 0.3) is 11.3 Å². The zero-order valence-electron chi connectivity index (χ0n) is 24.7. The molecule has 11 nitrogen and oxygen atoms in total. The van der Waals surface area contributed by atoms with Crippen LogP contribution < -0.4 is 16.1 Å². The van der Waals surface area contributed by atoms with Crippen LogP contribution in [-0.4, -0.2) is 55.4 Å². The molecule has 0 unspecified atom stereocenters. The van der Waals surface area contributed by atoms with Gasteiger partial charge in [-0.3, -0.25) is 24.6 Å². The van der Waals surface area contributed by atoms with E-state index in [1.54, 1.807) is 29.0 Å². The standard InChI is InChI=1S/C32H39N7O4/c1-3-4-6-22(15-28(40)38-43)16-29(41)39-20-32(11-12-32)18-27(39)30(42)35-24-9-8-21(2)26(17-24)37-31-34-14-10-25(36-31)23-7-5-13-33-19-23/h5,7-10,13-14,17,19,22,27,43H,3-4,6,11-12,15-16,18,20H2,1-2H3,(H,35,42)(H,38,40)(H,34,36,37)/t22-,27-/m0/s1. The molecule has 226 valence electrons. The van der Waals surface area contributed by atoms with Gasteiger partial charge in [-0.1, -0.05) is 25.8 Å². The molecule has 1 aliphatic carbocycles.